The van der Waals surface area contributed by atoms with E-state index in [0.717, 1.165) is 35.1 Å². The molecule has 1 aromatic heterocycles. The maximum absolute atomic E-state index is 13.4. The topological polar surface area (TPSA) is 142 Å². The lowest BCUT2D eigenvalue weighted by atomic mass is 10.0. The van der Waals surface area contributed by atoms with E-state index in [0.29, 0.717) is 13.1 Å². The number of nitrogens with zero attached hydrogens (tertiary/aromatic N) is 2. The molecule has 1 atom stereocenters. The molecular weight excluding hydrogens is 555 g/mol. The number of piperidine rings is 1. The summed E-state index contributed by atoms with van der Waals surface area (Å²) in [6, 6.07) is 5.73. The van der Waals surface area contributed by atoms with Gasteiger partial charge in [0.25, 0.3) is 5.56 Å². The van der Waals surface area contributed by atoms with Gasteiger partial charge in [0.15, 0.2) is 9.84 Å². The summed E-state index contributed by atoms with van der Waals surface area (Å²) in [7, 11) is -3.63. The van der Waals surface area contributed by atoms with Crippen molar-refractivity contribution >= 4 is 50.0 Å². The molecule has 13 heteroatoms. The molecule has 0 bridgehead atoms. The highest BCUT2D eigenvalue weighted by Gasteiger charge is 2.24. The molecule has 2 aromatic carbocycles. The van der Waals surface area contributed by atoms with Crippen LogP contribution >= 0.6 is 23.2 Å². The number of fused-ring (bicyclic) bond motifs is 1. The van der Waals surface area contributed by atoms with E-state index < -0.39 is 27.2 Å². The Labute approximate surface area is 229 Å². The molecule has 0 aliphatic carbocycles. The monoisotopic (exact) mass is 582 g/mol. The van der Waals surface area contributed by atoms with Crippen LogP contribution in [0, 0.1) is 6.92 Å². The van der Waals surface area contributed by atoms with Crippen LogP contribution < -0.4 is 16.6 Å². The lowest BCUT2D eigenvalue weighted by molar-refractivity contribution is 0.160. The van der Waals surface area contributed by atoms with Gasteiger partial charge in [-0.3, -0.25) is 14.3 Å². The van der Waals surface area contributed by atoms with Crippen LogP contribution in [0.1, 0.15) is 36.5 Å². The Bertz CT molecular complexity index is 1630. The number of hydrogen-bond acceptors (Lipinski definition) is 6. The zero-order valence-electron chi connectivity index (χ0n) is 20.9. The predicted octanol–water partition coefficient (Wildman–Crippen LogP) is 3.38. The molecule has 1 fully saturated rings. The van der Waals surface area contributed by atoms with Gasteiger partial charge in [0.1, 0.15) is 0 Å². The third-order valence-electron chi connectivity index (χ3n) is 6.82. The summed E-state index contributed by atoms with van der Waals surface area (Å²) in [6.45, 7) is 4.73. The van der Waals surface area contributed by atoms with Crippen molar-refractivity contribution in [3.8, 4) is 0 Å². The maximum Gasteiger partial charge on any atom is 0.404 e. The molecule has 1 aliphatic heterocycles. The minimum absolute atomic E-state index is 0.0116. The summed E-state index contributed by atoms with van der Waals surface area (Å²) in [5, 5.41) is 12.3. The number of amides is 1. The first-order valence-corrected chi connectivity index (χ1v) is 14.5. The minimum atomic E-state index is -3.63. The van der Waals surface area contributed by atoms with Gasteiger partial charge in [-0.2, -0.15) is 0 Å². The number of aromatic nitrogens is 2. The van der Waals surface area contributed by atoms with Crippen molar-refractivity contribution in [2.24, 2.45) is 0 Å². The van der Waals surface area contributed by atoms with E-state index >= 15 is 0 Å². The number of nitrogens with one attached hydrogen (secondary N) is 2. The first-order valence-electron chi connectivity index (χ1n) is 12.1. The Morgan fingerprint density at radius 3 is 2.63 bits per heavy atom. The highest BCUT2D eigenvalue weighted by Crippen LogP contribution is 2.29. The highest BCUT2D eigenvalue weighted by molar-refractivity contribution is 7.91. The van der Waals surface area contributed by atoms with Crippen molar-refractivity contribution in [3.63, 3.8) is 0 Å². The fraction of sp³-hybridized carbons (Fsp3) is 0.400. The molecule has 4 rings (SSSR count). The predicted molar refractivity (Wildman–Crippen MR) is 146 cm³/mol. The van der Waals surface area contributed by atoms with E-state index in [1.54, 1.807) is 6.07 Å². The van der Waals surface area contributed by atoms with Crippen molar-refractivity contribution in [1.82, 2.24) is 19.8 Å². The Kier molecular flexibility index (Phi) is 8.22. The number of halogens is 2. The second-order valence-corrected chi connectivity index (χ2v) is 12.5. The van der Waals surface area contributed by atoms with Crippen LogP contribution in [0.5, 0.6) is 0 Å². The van der Waals surface area contributed by atoms with Crippen molar-refractivity contribution < 1.29 is 18.3 Å². The molecule has 204 valence electrons. The molecule has 3 aromatic rings. The zero-order valence-corrected chi connectivity index (χ0v) is 23.2. The van der Waals surface area contributed by atoms with Crippen molar-refractivity contribution in [1.29, 1.82) is 0 Å². The number of carbonyl (C=O) groups is 1. The fourth-order valence-electron chi connectivity index (χ4n) is 4.87. The molecule has 38 heavy (non-hydrogen) atoms. The van der Waals surface area contributed by atoms with E-state index in [1.807, 2.05) is 6.92 Å². The normalized spacial score (nSPS) is 16.6. The maximum atomic E-state index is 13.4. The molecular formula is C25H28Cl2N4O6S. The van der Waals surface area contributed by atoms with Crippen molar-refractivity contribution in [2.45, 2.75) is 50.7 Å². The van der Waals surface area contributed by atoms with E-state index in [9.17, 15) is 22.8 Å². The first-order chi connectivity index (χ1) is 17.9. The minimum Gasteiger partial charge on any atom is -0.465 e. The summed E-state index contributed by atoms with van der Waals surface area (Å²) in [5.41, 5.74) is 0.563. The fourth-order valence-corrected chi connectivity index (χ4v) is 6.54. The molecule has 0 saturated carbocycles. The van der Waals surface area contributed by atoms with Crippen LogP contribution in [0.25, 0.3) is 10.9 Å². The molecule has 10 nitrogen and oxygen atoms in total. The molecule has 1 amide bonds. The number of aromatic amines is 1. The van der Waals surface area contributed by atoms with Gasteiger partial charge in [-0.05, 0) is 67.3 Å². The molecule has 0 unspecified atom stereocenters. The number of H-pyrrole nitrogens is 1. The number of likely N-dealkylation sites (tertiary alicyclic amines) is 1. The number of hydrogen-bond donors (Lipinski definition) is 3. The number of benzene rings is 2. The summed E-state index contributed by atoms with van der Waals surface area (Å²) in [4.78, 5) is 42.3. The van der Waals surface area contributed by atoms with Gasteiger partial charge in [0.05, 0.1) is 33.1 Å². The van der Waals surface area contributed by atoms with Gasteiger partial charge in [0, 0.05) is 24.2 Å². The zero-order chi connectivity index (χ0) is 27.8. The summed E-state index contributed by atoms with van der Waals surface area (Å²) in [6.07, 6.45) is 0.493. The van der Waals surface area contributed by atoms with Crippen molar-refractivity contribution in [3.05, 3.63) is 71.8 Å². The molecule has 0 radical (unpaired) electrons. The van der Waals surface area contributed by atoms with Gasteiger partial charge in [-0.1, -0.05) is 30.1 Å². The average molecular weight is 583 g/mol. The highest BCUT2D eigenvalue weighted by atomic mass is 35.5. The van der Waals surface area contributed by atoms with Crippen LogP contribution in [0.2, 0.25) is 10.0 Å². The van der Waals surface area contributed by atoms with Crippen LogP contribution in [0.4, 0.5) is 4.79 Å². The van der Waals surface area contributed by atoms with Crippen LogP contribution in [0.15, 0.2) is 38.8 Å². The number of sulfone groups is 1. The summed E-state index contributed by atoms with van der Waals surface area (Å²) in [5.74, 6) is -0.147. The Hall–Kier alpha value is -2.86. The molecule has 2 heterocycles. The van der Waals surface area contributed by atoms with Crippen LogP contribution in [0.3, 0.4) is 0 Å². The van der Waals surface area contributed by atoms with E-state index in [1.165, 1.54) is 25.1 Å². The summed E-state index contributed by atoms with van der Waals surface area (Å²) >= 11 is 12.8. The lowest BCUT2D eigenvalue weighted by Crippen LogP contribution is -2.47. The average Bonchev–Trinajstić information content (AvgIpc) is 2.85. The molecule has 0 spiro atoms. The smallest absolute Gasteiger partial charge is 0.404 e. The molecule has 1 aliphatic rings. The Morgan fingerprint density at radius 1 is 1.21 bits per heavy atom. The largest absolute Gasteiger partial charge is 0.465 e. The van der Waals surface area contributed by atoms with E-state index in [4.69, 9.17) is 28.3 Å². The first kappa shape index (κ1) is 28.2. The van der Waals surface area contributed by atoms with Gasteiger partial charge in [-0.15, -0.1) is 0 Å². The molecule has 3 N–H and O–H groups in total. The van der Waals surface area contributed by atoms with Crippen molar-refractivity contribution in [2.75, 3.05) is 18.8 Å². The SMILES string of the molecule is CCS(=O)(=O)c1ccc(Cl)cc1Cn1c(=O)[nH]c2c(Cl)c(CN3CCC[C@@H](NC(=O)O)C3)c(C)cc2c1=O. The Balaban J connectivity index is 1.73. The molecule has 1 saturated heterocycles. The van der Waals surface area contributed by atoms with Crippen LogP contribution in [-0.2, 0) is 22.9 Å². The van der Waals surface area contributed by atoms with Gasteiger partial charge in [-0.25, -0.2) is 18.0 Å². The lowest BCUT2D eigenvalue weighted by Gasteiger charge is -2.33. The number of rotatable bonds is 7. The third kappa shape index (κ3) is 5.75. The van der Waals surface area contributed by atoms with Gasteiger partial charge >= 0.3 is 11.8 Å². The second kappa shape index (κ2) is 11.1. The van der Waals surface area contributed by atoms with E-state index in [-0.39, 0.29) is 49.7 Å². The number of carboxylic acid groups (broad SMARTS) is 1. The summed E-state index contributed by atoms with van der Waals surface area (Å²) < 4.78 is 26.1. The van der Waals surface area contributed by atoms with Gasteiger partial charge in [0.2, 0.25) is 0 Å². The third-order valence-corrected chi connectivity index (χ3v) is 9.30. The quantitative estimate of drug-likeness (QED) is 0.387. The van der Waals surface area contributed by atoms with E-state index in [2.05, 4.69) is 15.2 Å². The Morgan fingerprint density at radius 2 is 1.95 bits per heavy atom. The number of aryl methyl sites for hydroxylation is 1. The van der Waals surface area contributed by atoms with Crippen LogP contribution in [-0.4, -0.2) is 59.0 Å². The second-order valence-electron chi connectivity index (χ2n) is 9.41. The van der Waals surface area contributed by atoms with Gasteiger partial charge < -0.3 is 15.4 Å². The standard InChI is InChI=1S/C25H28Cl2N4O6S/c1-3-38(36,37)20-7-6-16(26)10-15(20)11-31-23(32)18-9-14(2)19(21(27)22(18)29-24(31)33)13-30-8-4-5-17(12-30)28-25(34)35/h6-7,9-10,17,28H,3-5,8,11-13H2,1-2H3,(H,29,33)(H,34,35)/t17-/m1/s1.